The quantitative estimate of drug-likeness (QED) is 0.773. The molecule has 0 aliphatic rings. The Hall–Kier alpha value is -3.03. The lowest BCUT2D eigenvalue weighted by Crippen LogP contribution is -2.11. The minimum Gasteiger partial charge on any atom is -0.477 e. The number of anilines is 1. The van der Waals surface area contributed by atoms with E-state index in [9.17, 15) is 13.6 Å². The van der Waals surface area contributed by atoms with E-state index in [1.165, 1.54) is 16.9 Å². The largest absolute Gasteiger partial charge is 0.477 e. The van der Waals surface area contributed by atoms with Crippen molar-refractivity contribution in [1.82, 2.24) is 14.6 Å². The molecule has 2 aromatic heterocycles. The molecule has 8 heteroatoms. The highest BCUT2D eigenvalue weighted by molar-refractivity contribution is 5.94. The van der Waals surface area contributed by atoms with Crippen LogP contribution in [-0.4, -0.2) is 25.7 Å². The van der Waals surface area contributed by atoms with Crippen molar-refractivity contribution < 1.29 is 18.7 Å². The van der Waals surface area contributed by atoms with Crippen molar-refractivity contribution in [3.63, 3.8) is 0 Å². The van der Waals surface area contributed by atoms with E-state index in [0.29, 0.717) is 5.82 Å². The molecule has 1 atom stereocenters. The van der Waals surface area contributed by atoms with Crippen LogP contribution in [0, 0.1) is 11.6 Å². The van der Waals surface area contributed by atoms with Gasteiger partial charge in [-0.25, -0.2) is 23.1 Å². The van der Waals surface area contributed by atoms with Crippen LogP contribution >= 0.6 is 0 Å². The third kappa shape index (κ3) is 2.83. The second kappa shape index (κ2) is 5.64. The molecule has 1 unspecified atom stereocenters. The molecule has 0 saturated carbocycles. The standard InChI is InChI=1S/C15H12F2N4O2/c1-8(10-6-9(16)2-3-12(10)17)19-13-4-5-21-14(20-13)11(7-18-21)15(22)23/h2-8H,1H3,(H,19,20)(H,22,23). The van der Waals surface area contributed by atoms with E-state index < -0.39 is 23.6 Å². The van der Waals surface area contributed by atoms with E-state index in [4.69, 9.17) is 5.11 Å². The summed E-state index contributed by atoms with van der Waals surface area (Å²) in [5, 5.41) is 15.9. The van der Waals surface area contributed by atoms with Crippen LogP contribution < -0.4 is 5.32 Å². The van der Waals surface area contributed by atoms with Gasteiger partial charge in [0.2, 0.25) is 0 Å². The lowest BCUT2D eigenvalue weighted by molar-refractivity contribution is 0.0699. The van der Waals surface area contributed by atoms with E-state index in [-0.39, 0.29) is 16.8 Å². The molecule has 6 nitrogen and oxygen atoms in total. The Morgan fingerprint density at radius 2 is 2.13 bits per heavy atom. The molecule has 0 radical (unpaired) electrons. The number of benzene rings is 1. The molecule has 0 bridgehead atoms. The maximum atomic E-state index is 13.8. The summed E-state index contributed by atoms with van der Waals surface area (Å²) in [4.78, 5) is 15.3. The summed E-state index contributed by atoms with van der Waals surface area (Å²) >= 11 is 0. The fourth-order valence-corrected chi connectivity index (χ4v) is 2.25. The summed E-state index contributed by atoms with van der Waals surface area (Å²) in [6, 6.07) is 4.21. The smallest absolute Gasteiger partial charge is 0.341 e. The summed E-state index contributed by atoms with van der Waals surface area (Å²) in [5.41, 5.74) is 0.270. The number of rotatable bonds is 4. The van der Waals surface area contributed by atoms with Gasteiger partial charge < -0.3 is 10.4 Å². The highest BCUT2D eigenvalue weighted by atomic mass is 19.1. The molecule has 23 heavy (non-hydrogen) atoms. The zero-order valence-corrected chi connectivity index (χ0v) is 12.0. The maximum absolute atomic E-state index is 13.8. The number of hydrogen-bond acceptors (Lipinski definition) is 4. The van der Waals surface area contributed by atoms with Gasteiger partial charge in [-0.2, -0.15) is 5.10 Å². The fraction of sp³-hybridized carbons (Fsp3) is 0.133. The molecule has 0 fully saturated rings. The van der Waals surface area contributed by atoms with Crippen LogP contribution in [0.2, 0.25) is 0 Å². The molecule has 0 saturated heterocycles. The lowest BCUT2D eigenvalue weighted by Gasteiger charge is -2.16. The van der Waals surface area contributed by atoms with E-state index in [0.717, 1.165) is 18.2 Å². The second-order valence-corrected chi connectivity index (χ2v) is 4.98. The zero-order chi connectivity index (χ0) is 16.6. The van der Waals surface area contributed by atoms with E-state index >= 15 is 0 Å². The monoisotopic (exact) mass is 318 g/mol. The third-order valence-electron chi connectivity index (χ3n) is 3.39. The molecule has 1 aromatic carbocycles. The van der Waals surface area contributed by atoms with E-state index in [2.05, 4.69) is 15.4 Å². The lowest BCUT2D eigenvalue weighted by atomic mass is 10.1. The van der Waals surface area contributed by atoms with Crippen molar-refractivity contribution in [2.45, 2.75) is 13.0 Å². The number of nitrogens with zero attached hydrogens (tertiary/aromatic N) is 3. The molecule has 0 aliphatic heterocycles. The Labute approximate surface area is 129 Å². The van der Waals surface area contributed by atoms with Crippen molar-refractivity contribution in [2.75, 3.05) is 5.32 Å². The first kappa shape index (κ1) is 14.9. The molecular formula is C15H12F2N4O2. The topological polar surface area (TPSA) is 79.5 Å². The molecule has 2 N–H and O–H groups in total. The number of aromatic carboxylic acids is 1. The van der Waals surface area contributed by atoms with Crippen LogP contribution in [0.3, 0.4) is 0 Å². The normalized spacial score (nSPS) is 12.3. The number of aromatic nitrogens is 3. The van der Waals surface area contributed by atoms with Crippen LogP contribution in [0.4, 0.5) is 14.6 Å². The average Bonchev–Trinajstić information content (AvgIpc) is 2.93. The summed E-state index contributed by atoms with van der Waals surface area (Å²) in [5.74, 6) is -1.89. The summed E-state index contributed by atoms with van der Waals surface area (Å²) in [7, 11) is 0. The van der Waals surface area contributed by atoms with Gasteiger partial charge in [-0.15, -0.1) is 0 Å². The Balaban J connectivity index is 1.93. The van der Waals surface area contributed by atoms with Crippen molar-refractivity contribution in [3.05, 3.63) is 59.4 Å². The van der Waals surface area contributed by atoms with Gasteiger partial charge in [-0.05, 0) is 31.2 Å². The minimum absolute atomic E-state index is 0.0433. The molecule has 118 valence electrons. The molecule has 0 aliphatic carbocycles. The van der Waals surface area contributed by atoms with Gasteiger partial charge in [0.25, 0.3) is 0 Å². The third-order valence-corrected chi connectivity index (χ3v) is 3.39. The number of carboxylic acid groups (broad SMARTS) is 1. The van der Waals surface area contributed by atoms with Crippen LogP contribution in [0.5, 0.6) is 0 Å². The van der Waals surface area contributed by atoms with Gasteiger partial charge in [0.15, 0.2) is 5.65 Å². The number of nitrogens with one attached hydrogen (secondary N) is 1. The Bertz CT molecular complexity index is 894. The molecule has 3 aromatic rings. The molecule has 0 amide bonds. The van der Waals surface area contributed by atoms with Crippen LogP contribution in [0.25, 0.3) is 5.65 Å². The Morgan fingerprint density at radius 3 is 2.87 bits per heavy atom. The average molecular weight is 318 g/mol. The highest BCUT2D eigenvalue weighted by Crippen LogP contribution is 2.22. The first-order valence-corrected chi connectivity index (χ1v) is 6.75. The second-order valence-electron chi connectivity index (χ2n) is 4.98. The minimum atomic E-state index is -1.14. The number of carboxylic acids is 1. The Morgan fingerprint density at radius 1 is 1.35 bits per heavy atom. The predicted molar refractivity (Wildman–Crippen MR) is 78.3 cm³/mol. The van der Waals surface area contributed by atoms with Crippen LogP contribution in [-0.2, 0) is 0 Å². The molecule has 0 spiro atoms. The van der Waals surface area contributed by atoms with Crippen LogP contribution in [0.15, 0.2) is 36.7 Å². The zero-order valence-electron chi connectivity index (χ0n) is 12.0. The molecular weight excluding hydrogens is 306 g/mol. The van der Waals surface area contributed by atoms with Gasteiger partial charge in [-0.3, -0.25) is 0 Å². The fourth-order valence-electron chi connectivity index (χ4n) is 2.25. The maximum Gasteiger partial charge on any atom is 0.341 e. The van der Waals surface area contributed by atoms with Gasteiger partial charge in [0.1, 0.15) is 23.0 Å². The van der Waals surface area contributed by atoms with Gasteiger partial charge in [-0.1, -0.05) is 0 Å². The first-order chi connectivity index (χ1) is 11.0. The first-order valence-electron chi connectivity index (χ1n) is 6.75. The van der Waals surface area contributed by atoms with Crippen molar-refractivity contribution >= 4 is 17.4 Å². The van der Waals surface area contributed by atoms with Crippen LogP contribution in [0.1, 0.15) is 28.9 Å². The highest BCUT2D eigenvalue weighted by Gasteiger charge is 2.15. The number of fused-ring (bicyclic) bond motifs is 1. The predicted octanol–water partition coefficient (Wildman–Crippen LogP) is 2.88. The van der Waals surface area contributed by atoms with Gasteiger partial charge >= 0.3 is 5.97 Å². The van der Waals surface area contributed by atoms with Crippen molar-refractivity contribution in [1.29, 1.82) is 0 Å². The van der Waals surface area contributed by atoms with Gasteiger partial charge in [0.05, 0.1) is 12.2 Å². The summed E-state index contributed by atoms with van der Waals surface area (Å²) in [6.07, 6.45) is 2.73. The van der Waals surface area contributed by atoms with Crippen molar-refractivity contribution in [2.24, 2.45) is 0 Å². The number of carbonyl (C=O) groups is 1. The molecule has 3 rings (SSSR count). The Kier molecular flexibility index (Phi) is 3.65. The van der Waals surface area contributed by atoms with Gasteiger partial charge in [0, 0.05) is 11.8 Å². The SMILES string of the molecule is CC(Nc1ccn2ncc(C(=O)O)c2n1)c1cc(F)ccc1F. The molecule has 2 heterocycles. The summed E-state index contributed by atoms with van der Waals surface area (Å²) < 4.78 is 28.4. The van der Waals surface area contributed by atoms with E-state index in [1.807, 2.05) is 0 Å². The van der Waals surface area contributed by atoms with Crippen molar-refractivity contribution in [3.8, 4) is 0 Å². The number of hydrogen-bond donors (Lipinski definition) is 2. The summed E-state index contributed by atoms with van der Waals surface area (Å²) in [6.45, 7) is 1.65. The number of halogens is 2. The van der Waals surface area contributed by atoms with E-state index in [1.54, 1.807) is 13.0 Å².